The molecule has 1 fully saturated rings. The van der Waals surface area contributed by atoms with Gasteiger partial charge in [0.2, 0.25) is 10.0 Å². The Labute approximate surface area is 126 Å². The van der Waals surface area contributed by atoms with Gasteiger partial charge in [0.25, 0.3) is 0 Å². The van der Waals surface area contributed by atoms with Gasteiger partial charge in [0.05, 0.1) is 4.90 Å². The molecule has 0 unspecified atom stereocenters. The van der Waals surface area contributed by atoms with E-state index in [0.29, 0.717) is 5.56 Å². The second-order valence-electron chi connectivity index (χ2n) is 5.91. The van der Waals surface area contributed by atoms with Crippen LogP contribution in [0.2, 0.25) is 0 Å². The van der Waals surface area contributed by atoms with Crippen molar-refractivity contribution in [3.05, 3.63) is 29.6 Å². The van der Waals surface area contributed by atoms with Gasteiger partial charge in [-0.1, -0.05) is 25.7 Å². The number of benzene rings is 1. The van der Waals surface area contributed by atoms with E-state index in [2.05, 4.69) is 4.72 Å². The Bertz CT molecular complexity index is 594. The molecule has 3 N–H and O–H groups in total. The maximum absolute atomic E-state index is 13.2. The van der Waals surface area contributed by atoms with E-state index in [0.717, 1.165) is 38.5 Å². The average molecular weight is 314 g/mol. The molecule has 0 amide bonds. The molecule has 21 heavy (non-hydrogen) atoms. The fraction of sp³-hybridized carbons (Fsp3) is 0.600. The number of rotatable bonds is 4. The second-order valence-corrected chi connectivity index (χ2v) is 7.56. The van der Waals surface area contributed by atoms with Gasteiger partial charge in [0.15, 0.2) is 0 Å². The first kappa shape index (κ1) is 16.4. The Morgan fingerprint density at radius 1 is 1.24 bits per heavy atom. The monoisotopic (exact) mass is 314 g/mol. The van der Waals surface area contributed by atoms with Crippen molar-refractivity contribution in [2.75, 3.05) is 6.54 Å². The lowest BCUT2D eigenvalue weighted by molar-refractivity contribution is 0.342. The lowest BCUT2D eigenvalue weighted by atomic mass is 9.92. The molecule has 1 aliphatic carbocycles. The van der Waals surface area contributed by atoms with E-state index in [4.69, 9.17) is 5.73 Å². The Hall–Kier alpha value is -0.980. The van der Waals surface area contributed by atoms with Gasteiger partial charge < -0.3 is 5.73 Å². The van der Waals surface area contributed by atoms with E-state index in [1.807, 2.05) is 0 Å². The zero-order chi connectivity index (χ0) is 15.5. The highest BCUT2D eigenvalue weighted by molar-refractivity contribution is 7.89. The summed E-state index contributed by atoms with van der Waals surface area (Å²) >= 11 is 0. The maximum atomic E-state index is 13.2. The van der Waals surface area contributed by atoms with Crippen molar-refractivity contribution in [3.63, 3.8) is 0 Å². The fourth-order valence-corrected chi connectivity index (χ4v) is 4.70. The van der Waals surface area contributed by atoms with Gasteiger partial charge in [-0.25, -0.2) is 17.5 Å². The summed E-state index contributed by atoms with van der Waals surface area (Å²) in [5.74, 6) is -0.436. The van der Waals surface area contributed by atoms with E-state index in [1.54, 1.807) is 6.92 Å². The van der Waals surface area contributed by atoms with Crippen molar-refractivity contribution < 1.29 is 12.8 Å². The van der Waals surface area contributed by atoms with Crippen molar-refractivity contribution in [2.45, 2.75) is 55.9 Å². The predicted molar refractivity (Wildman–Crippen MR) is 80.9 cm³/mol. The van der Waals surface area contributed by atoms with Crippen LogP contribution in [0, 0.1) is 12.7 Å². The molecule has 6 heteroatoms. The summed E-state index contributed by atoms with van der Waals surface area (Å²) in [6.45, 7) is 1.88. The summed E-state index contributed by atoms with van der Waals surface area (Å²) in [5.41, 5.74) is 5.70. The number of aryl methyl sites for hydroxylation is 1. The van der Waals surface area contributed by atoms with Crippen LogP contribution in [-0.2, 0) is 10.0 Å². The second kappa shape index (κ2) is 6.42. The van der Waals surface area contributed by atoms with E-state index < -0.39 is 21.4 Å². The predicted octanol–water partition coefficient (Wildman–Crippen LogP) is 2.46. The van der Waals surface area contributed by atoms with E-state index >= 15 is 0 Å². The standard InChI is InChI=1S/C15H23FN2O2S/c1-12-10-13(16)6-7-14(12)21(19,20)18-15(11-17)8-4-2-3-5-9-15/h6-7,10,18H,2-5,8-9,11,17H2,1H3. The molecule has 1 aromatic carbocycles. The highest BCUT2D eigenvalue weighted by Crippen LogP contribution is 2.28. The van der Waals surface area contributed by atoms with Gasteiger partial charge in [0, 0.05) is 12.1 Å². The molecule has 0 bridgehead atoms. The van der Waals surface area contributed by atoms with Crippen LogP contribution in [-0.4, -0.2) is 20.5 Å². The Kier molecular flexibility index (Phi) is 5.01. The molecule has 0 saturated heterocycles. The zero-order valence-electron chi connectivity index (χ0n) is 12.4. The summed E-state index contributed by atoms with van der Waals surface area (Å²) in [5, 5.41) is 0. The van der Waals surface area contributed by atoms with Crippen LogP contribution < -0.4 is 10.5 Å². The first-order valence-corrected chi connectivity index (χ1v) is 8.87. The number of sulfonamides is 1. The van der Waals surface area contributed by atoms with Gasteiger partial charge in [0.1, 0.15) is 5.82 Å². The Balaban J connectivity index is 2.30. The maximum Gasteiger partial charge on any atom is 0.241 e. The molecule has 0 aliphatic heterocycles. The minimum Gasteiger partial charge on any atom is -0.329 e. The molecule has 0 aromatic heterocycles. The summed E-state index contributed by atoms with van der Waals surface area (Å²) in [7, 11) is -3.69. The van der Waals surface area contributed by atoms with Crippen molar-refractivity contribution in [1.82, 2.24) is 4.72 Å². The van der Waals surface area contributed by atoms with Crippen LogP contribution in [0.4, 0.5) is 4.39 Å². The van der Waals surface area contributed by atoms with Crippen molar-refractivity contribution in [3.8, 4) is 0 Å². The molecule has 4 nitrogen and oxygen atoms in total. The SMILES string of the molecule is Cc1cc(F)ccc1S(=O)(=O)NC1(CN)CCCCCC1. The minimum atomic E-state index is -3.69. The number of nitrogens with one attached hydrogen (secondary N) is 1. The first-order valence-electron chi connectivity index (χ1n) is 7.39. The molecule has 0 spiro atoms. The zero-order valence-corrected chi connectivity index (χ0v) is 13.2. The Morgan fingerprint density at radius 2 is 1.86 bits per heavy atom. The molecule has 118 valence electrons. The molecule has 1 aromatic rings. The normalized spacial score (nSPS) is 19.2. The summed E-state index contributed by atoms with van der Waals surface area (Å²) < 4.78 is 41.2. The molecule has 1 aliphatic rings. The first-order chi connectivity index (χ1) is 9.88. The molecular weight excluding hydrogens is 291 g/mol. The number of hydrogen-bond acceptors (Lipinski definition) is 3. The third-order valence-electron chi connectivity index (χ3n) is 4.23. The molecule has 0 atom stereocenters. The number of hydrogen-bond donors (Lipinski definition) is 2. The fourth-order valence-electron chi connectivity index (χ4n) is 3.01. The molecule has 0 heterocycles. The van der Waals surface area contributed by atoms with E-state index in [1.165, 1.54) is 18.2 Å². The van der Waals surface area contributed by atoms with Crippen molar-refractivity contribution in [2.24, 2.45) is 5.73 Å². The van der Waals surface area contributed by atoms with Gasteiger partial charge >= 0.3 is 0 Å². The quantitative estimate of drug-likeness (QED) is 0.839. The average Bonchev–Trinajstić information content (AvgIpc) is 2.64. The van der Waals surface area contributed by atoms with Gasteiger partial charge in [-0.3, -0.25) is 0 Å². The topological polar surface area (TPSA) is 72.2 Å². The van der Waals surface area contributed by atoms with Gasteiger partial charge in [-0.15, -0.1) is 0 Å². The van der Waals surface area contributed by atoms with Crippen molar-refractivity contribution >= 4 is 10.0 Å². The molecule has 1 saturated carbocycles. The lowest BCUT2D eigenvalue weighted by Crippen LogP contribution is -2.53. The number of nitrogens with two attached hydrogens (primary N) is 1. The third-order valence-corrected chi connectivity index (χ3v) is 5.97. The van der Waals surface area contributed by atoms with Gasteiger partial charge in [-0.05, 0) is 43.5 Å². The summed E-state index contributed by atoms with van der Waals surface area (Å²) in [6, 6.07) is 3.72. The summed E-state index contributed by atoms with van der Waals surface area (Å²) in [6.07, 6.45) is 5.67. The van der Waals surface area contributed by atoms with Crippen LogP contribution in [0.25, 0.3) is 0 Å². The highest BCUT2D eigenvalue weighted by atomic mass is 32.2. The third kappa shape index (κ3) is 3.81. The van der Waals surface area contributed by atoms with Crippen LogP contribution >= 0.6 is 0 Å². The minimum absolute atomic E-state index is 0.126. The van der Waals surface area contributed by atoms with E-state index in [9.17, 15) is 12.8 Å². The highest BCUT2D eigenvalue weighted by Gasteiger charge is 2.34. The number of halogens is 1. The smallest absolute Gasteiger partial charge is 0.241 e. The molecule has 2 rings (SSSR count). The molecular formula is C15H23FN2O2S. The summed E-state index contributed by atoms with van der Waals surface area (Å²) in [4.78, 5) is 0.126. The van der Waals surface area contributed by atoms with Crippen LogP contribution in [0.5, 0.6) is 0 Å². The molecule has 0 radical (unpaired) electrons. The van der Waals surface area contributed by atoms with Crippen LogP contribution in [0.1, 0.15) is 44.1 Å². The van der Waals surface area contributed by atoms with Crippen LogP contribution in [0.15, 0.2) is 23.1 Å². The van der Waals surface area contributed by atoms with Gasteiger partial charge in [-0.2, -0.15) is 0 Å². The lowest BCUT2D eigenvalue weighted by Gasteiger charge is -2.32. The largest absolute Gasteiger partial charge is 0.329 e. The van der Waals surface area contributed by atoms with Crippen molar-refractivity contribution in [1.29, 1.82) is 0 Å². The van der Waals surface area contributed by atoms with E-state index in [-0.39, 0.29) is 11.4 Å². The van der Waals surface area contributed by atoms with Crippen LogP contribution in [0.3, 0.4) is 0 Å². The Morgan fingerprint density at radius 3 is 2.38 bits per heavy atom.